The van der Waals surface area contributed by atoms with Gasteiger partial charge in [-0.1, -0.05) is 45.0 Å². The van der Waals surface area contributed by atoms with Crippen molar-refractivity contribution in [2.24, 2.45) is 0 Å². The summed E-state index contributed by atoms with van der Waals surface area (Å²) in [6.07, 6.45) is 0. The molecule has 0 atom stereocenters. The molecular weight excluding hydrogens is 132 g/mol. The quantitative estimate of drug-likeness (QED) is 0.533. The van der Waals surface area contributed by atoms with Crippen LogP contribution in [-0.2, 0) is 5.41 Å². The summed E-state index contributed by atoms with van der Waals surface area (Å²) >= 11 is 0. The molecule has 0 heteroatoms. The molecule has 0 aromatic heterocycles. The molecular formula is C11H16. The Labute approximate surface area is 73.5 Å². The van der Waals surface area contributed by atoms with Gasteiger partial charge in [0.15, 0.2) is 0 Å². The Bertz CT molecular complexity index is 285. The standard InChI is InChI=1S/C11H16/c1-9-7-5-6-8-10(9)11(2,3)4/h5-8H,1-4H3/i1D3. The van der Waals surface area contributed by atoms with Crippen molar-refractivity contribution in [2.45, 2.75) is 33.0 Å². The summed E-state index contributed by atoms with van der Waals surface area (Å²) in [4.78, 5) is 0. The Kier molecular flexibility index (Phi) is 1.22. The molecule has 0 saturated carbocycles. The fourth-order valence-corrected chi connectivity index (χ4v) is 1.14. The predicted octanol–water partition coefficient (Wildman–Crippen LogP) is 3.29. The zero-order valence-electron chi connectivity index (χ0n) is 10.3. The van der Waals surface area contributed by atoms with Crippen LogP contribution in [0.15, 0.2) is 24.3 Å². The summed E-state index contributed by atoms with van der Waals surface area (Å²) < 4.78 is 22.3. The lowest BCUT2D eigenvalue weighted by Crippen LogP contribution is -2.12. The third-order valence-corrected chi connectivity index (χ3v) is 1.74. The first-order valence-corrected chi connectivity index (χ1v) is 3.83. The van der Waals surface area contributed by atoms with Gasteiger partial charge in [-0.2, -0.15) is 0 Å². The zero-order chi connectivity index (χ0) is 11.0. The van der Waals surface area contributed by atoms with E-state index in [4.69, 9.17) is 4.11 Å². The molecule has 0 amide bonds. The Balaban J connectivity index is 3.31. The average Bonchev–Trinajstić information content (AvgIpc) is 2.01. The normalized spacial score (nSPS) is 16.8. The molecule has 0 saturated heterocycles. The maximum absolute atomic E-state index is 7.43. The fourth-order valence-electron chi connectivity index (χ4n) is 1.14. The summed E-state index contributed by atoms with van der Waals surface area (Å²) in [5.74, 6) is 0. The Hall–Kier alpha value is -0.780. The lowest BCUT2D eigenvalue weighted by atomic mass is 9.84. The van der Waals surface area contributed by atoms with Gasteiger partial charge in [0.05, 0.1) is 0 Å². The van der Waals surface area contributed by atoms with Crippen LogP contribution < -0.4 is 0 Å². The Morgan fingerprint density at radius 3 is 2.27 bits per heavy atom. The van der Waals surface area contributed by atoms with Gasteiger partial charge >= 0.3 is 0 Å². The monoisotopic (exact) mass is 151 g/mol. The highest BCUT2D eigenvalue weighted by molar-refractivity contribution is 5.31. The number of aryl methyl sites for hydroxylation is 1. The van der Waals surface area contributed by atoms with Crippen LogP contribution in [0.3, 0.4) is 0 Å². The average molecular weight is 151 g/mol. The van der Waals surface area contributed by atoms with Gasteiger partial charge in [0, 0.05) is 4.11 Å². The van der Waals surface area contributed by atoms with Gasteiger partial charge in [0.25, 0.3) is 0 Å². The van der Waals surface area contributed by atoms with E-state index >= 15 is 0 Å². The van der Waals surface area contributed by atoms with Gasteiger partial charge in [-0.15, -0.1) is 0 Å². The fraction of sp³-hybridized carbons (Fsp3) is 0.455. The molecule has 1 aromatic rings. The first kappa shape index (κ1) is 4.97. The molecule has 0 fully saturated rings. The van der Waals surface area contributed by atoms with E-state index in [-0.39, 0.29) is 5.41 Å². The smallest absolute Gasteiger partial charge is 0.0280 e. The van der Waals surface area contributed by atoms with Crippen molar-refractivity contribution in [1.29, 1.82) is 0 Å². The minimum atomic E-state index is -2.01. The summed E-state index contributed by atoms with van der Waals surface area (Å²) in [6.45, 7) is 4.07. The Morgan fingerprint density at radius 1 is 1.18 bits per heavy atom. The van der Waals surface area contributed by atoms with Crippen LogP contribution >= 0.6 is 0 Å². The second-order valence-corrected chi connectivity index (χ2v) is 3.80. The molecule has 1 rings (SSSR count). The van der Waals surface area contributed by atoms with Gasteiger partial charge in [-0.25, -0.2) is 0 Å². The van der Waals surface area contributed by atoms with Crippen LogP contribution in [0, 0.1) is 6.85 Å². The highest BCUT2D eigenvalue weighted by Crippen LogP contribution is 2.24. The molecule has 0 spiro atoms. The van der Waals surface area contributed by atoms with Gasteiger partial charge in [0.2, 0.25) is 0 Å². The van der Waals surface area contributed by atoms with Crippen LogP contribution in [0.25, 0.3) is 0 Å². The number of hydrogen-bond acceptors (Lipinski definition) is 0. The molecule has 0 nitrogen and oxygen atoms in total. The highest BCUT2D eigenvalue weighted by Gasteiger charge is 2.14. The maximum atomic E-state index is 7.43. The second kappa shape index (κ2) is 2.69. The van der Waals surface area contributed by atoms with Crippen molar-refractivity contribution in [2.75, 3.05) is 0 Å². The Morgan fingerprint density at radius 2 is 1.82 bits per heavy atom. The number of benzene rings is 1. The van der Waals surface area contributed by atoms with Crippen LogP contribution in [0.1, 0.15) is 36.0 Å². The third kappa shape index (κ3) is 1.83. The molecule has 0 N–H and O–H groups in total. The van der Waals surface area contributed by atoms with Crippen molar-refractivity contribution >= 4 is 0 Å². The molecule has 0 aliphatic rings. The van der Waals surface area contributed by atoms with Crippen molar-refractivity contribution in [3.63, 3.8) is 0 Å². The van der Waals surface area contributed by atoms with Crippen LogP contribution in [0.4, 0.5) is 0 Å². The van der Waals surface area contributed by atoms with Crippen molar-refractivity contribution in [3.8, 4) is 0 Å². The molecule has 0 radical (unpaired) electrons. The van der Waals surface area contributed by atoms with Crippen molar-refractivity contribution in [1.82, 2.24) is 0 Å². The first-order chi connectivity index (χ1) is 6.23. The molecule has 0 bridgehead atoms. The third-order valence-electron chi connectivity index (χ3n) is 1.74. The van der Waals surface area contributed by atoms with Gasteiger partial charge in [0.1, 0.15) is 0 Å². The van der Waals surface area contributed by atoms with Gasteiger partial charge in [-0.3, -0.25) is 0 Å². The predicted molar refractivity (Wildman–Crippen MR) is 49.9 cm³/mol. The molecule has 1 aromatic carbocycles. The van der Waals surface area contributed by atoms with Crippen molar-refractivity contribution < 1.29 is 4.11 Å². The van der Waals surface area contributed by atoms with E-state index < -0.39 is 6.85 Å². The molecule has 0 heterocycles. The van der Waals surface area contributed by atoms with E-state index in [1.165, 1.54) is 0 Å². The first-order valence-electron chi connectivity index (χ1n) is 5.33. The van der Waals surface area contributed by atoms with Crippen LogP contribution in [-0.4, -0.2) is 0 Å². The lowest BCUT2D eigenvalue weighted by Gasteiger charge is -2.21. The van der Waals surface area contributed by atoms with Gasteiger partial charge < -0.3 is 0 Å². The van der Waals surface area contributed by atoms with Crippen LogP contribution in [0.5, 0.6) is 0 Å². The second-order valence-electron chi connectivity index (χ2n) is 3.80. The highest BCUT2D eigenvalue weighted by atomic mass is 14.2. The number of rotatable bonds is 0. The minimum absolute atomic E-state index is 0.120. The SMILES string of the molecule is [2H]C([2H])([2H])c1ccccc1C(C)(C)C. The molecule has 60 valence electrons. The van der Waals surface area contributed by atoms with Crippen LogP contribution in [0.2, 0.25) is 0 Å². The zero-order valence-corrected chi connectivity index (χ0v) is 7.31. The maximum Gasteiger partial charge on any atom is 0.0280 e. The summed E-state index contributed by atoms with van der Waals surface area (Å²) in [7, 11) is 0. The summed E-state index contributed by atoms with van der Waals surface area (Å²) in [6, 6.07) is 7.24. The molecule has 11 heavy (non-hydrogen) atoms. The number of hydrogen-bond donors (Lipinski definition) is 0. The lowest BCUT2D eigenvalue weighted by molar-refractivity contribution is 0.586. The van der Waals surface area contributed by atoms with E-state index in [9.17, 15) is 0 Å². The molecule has 0 unspecified atom stereocenters. The summed E-state index contributed by atoms with van der Waals surface area (Å²) in [5.41, 5.74) is 1.25. The van der Waals surface area contributed by atoms with Gasteiger partial charge in [-0.05, 0) is 23.4 Å². The van der Waals surface area contributed by atoms with Crippen molar-refractivity contribution in [3.05, 3.63) is 35.4 Å². The van der Waals surface area contributed by atoms with E-state index in [1.54, 1.807) is 12.1 Å². The van der Waals surface area contributed by atoms with E-state index in [1.807, 2.05) is 32.9 Å². The van der Waals surface area contributed by atoms with E-state index in [0.29, 0.717) is 5.56 Å². The minimum Gasteiger partial charge on any atom is -0.0620 e. The van der Waals surface area contributed by atoms with E-state index in [0.717, 1.165) is 5.56 Å². The molecule has 0 aliphatic carbocycles. The topological polar surface area (TPSA) is 0 Å². The summed E-state index contributed by atoms with van der Waals surface area (Å²) in [5, 5.41) is 0. The largest absolute Gasteiger partial charge is 0.0620 e. The van der Waals surface area contributed by atoms with E-state index in [2.05, 4.69) is 0 Å². The molecule has 0 aliphatic heterocycles.